The van der Waals surface area contributed by atoms with E-state index in [-0.39, 0.29) is 5.41 Å². The van der Waals surface area contributed by atoms with Crippen LogP contribution in [0, 0.1) is 0 Å². The fraction of sp³-hybridized carbons (Fsp3) is 0.667. The molecule has 3 heteroatoms. The average Bonchev–Trinajstić information content (AvgIpc) is 2.52. The number of hydrogen-bond donors (Lipinski definition) is 1. The lowest BCUT2D eigenvalue weighted by molar-refractivity contribution is 0.171. The summed E-state index contributed by atoms with van der Waals surface area (Å²) in [5, 5.41) is 3.57. The molecule has 2 rings (SSSR count). The molecular formula is C18H29NO2. The van der Waals surface area contributed by atoms with Crippen molar-refractivity contribution in [2.24, 2.45) is 0 Å². The SMILES string of the molecule is CCCC(CCC)(CNCC)c1ccc2c(c1)OCCO2. The Balaban J connectivity index is 2.33. The smallest absolute Gasteiger partial charge is 0.161 e. The second-order valence-electron chi connectivity index (χ2n) is 5.92. The lowest BCUT2D eigenvalue weighted by Gasteiger charge is -2.35. The maximum atomic E-state index is 5.77. The zero-order chi connectivity index (χ0) is 15.1. The Kier molecular flexibility index (Phi) is 5.92. The lowest BCUT2D eigenvalue weighted by atomic mass is 9.73. The van der Waals surface area contributed by atoms with Crippen LogP contribution in [0.2, 0.25) is 0 Å². The number of fused-ring (bicyclic) bond motifs is 1. The van der Waals surface area contributed by atoms with Gasteiger partial charge in [0.2, 0.25) is 0 Å². The fourth-order valence-electron chi connectivity index (χ4n) is 3.39. The first-order valence-corrected chi connectivity index (χ1v) is 8.36. The molecule has 1 heterocycles. The van der Waals surface area contributed by atoms with Gasteiger partial charge in [0.05, 0.1) is 0 Å². The third-order valence-corrected chi connectivity index (χ3v) is 4.33. The van der Waals surface area contributed by atoms with Crippen molar-refractivity contribution in [1.29, 1.82) is 0 Å². The monoisotopic (exact) mass is 291 g/mol. The standard InChI is InChI=1S/C18H29NO2/c1-4-9-18(10-5-2,14-19-6-3)15-7-8-16-17(13-15)21-12-11-20-16/h7-8,13,19H,4-6,9-12,14H2,1-3H3. The number of likely N-dealkylation sites (N-methyl/N-ethyl adjacent to an activating group) is 1. The second kappa shape index (κ2) is 7.69. The van der Waals surface area contributed by atoms with Crippen molar-refractivity contribution in [3.63, 3.8) is 0 Å². The highest BCUT2D eigenvalue weighted by Crippen LogP contribution is 2.39. The number of rotatable bonds is 8. The van der Waals surface area contributed by atoms with Gasteiger partial charge in [-0.2, -0.15) is 0 Å². The molecule has 0 bridgehead atoms. The van der Waals surface area contributed by atoms with Crippen LogP contribution < -0.4 is 14.8 Å². The first-order valence-electron chi connectivity index (χ1n) is 8.36. The van der Waals surface area contributed by atoms with Crippen LogP contribution in [0.25, 0.3) is 0 Å². The molecule has 1 aliphatic rings. The summed E-state index contributed by atoms with van der Waals surface area (Å²) < 4.78 is 11.4. The Bertz CT molecular complexity index is 439. The van der Waals surface area contributed by atoms with Crippen LogP contribution in [0.3, 0.4) is 0 Å². The molecule has 0 radical (unpaired) electrons. The molecule has 0 unspecified atom stereocenters. The van der Waals surface area contributed by atoms with Gasteiger partial charge in [0, 0.05) is 12.0 Å². The third-order valence-electron chi connectivity index (χ3n) is 4.33. The van der Waals surface area contributed by atoms with Crippen LogP contribution in [0.1, 0.15) is 52.0 Å². The van der Waals surface area contributed by atoms with E-state index in [0.717, 1.165) is 24.6 Å². The van der Waals surface area contributed by atoms with Gasteiger partial charge in [-0.05, 0) is 37.1 Å². The highest BCUT2D eigenvalue weighted by molar-refractivity contribution is 5.46. The molecule has 118 valence electrons. The average molecular weight is 291 g/mol. The van der Waals surface area contributed by atoms with Gasteiger partial charge in [-0.25, -0.2) is 0 Å². The first-order chi connectivity index (χ1) is 10.3. The Morgan fingerprint density at radius 1 is 1.00 bits per heavy atom. The van der Waals surface area contributed by atoms with E-state index in [1.54, 1.807) is 0 Å². The summed E-state index contributed by atoms with van der Waals surface area (Å²) in [7, 11) is 0. The molecule has 0 amide bonds. The van der Waals surface area contributed by atoms with Crippen LogP contribution >= 0.6 is 0 Å². The van der Waals surface area contributed by atoms with Crippen molar-refractivity contribution < 1.29 is 9.47 Å². The molecule has 0 fully saturated rings. The number of hydrogen-bond acceptors (Lipinski definition) is 3. The summed E-state index contributed by atoms with van der Waals surface area (Å²) >= 11 is 0. The van der Waals surface area contributed by atoms with E-state index < -0.39 is 0 Å². The molecular weight excluding hydrogens is 262 g/mol. The molecule has 21 heavy (non-hydrogen) atoms. The summed E-state index contributed by atoms with van der Waals surface area (Å²) in [5.41, 5.74) is 1.59. The van der Waals surface area contributed by atoms with Gasteiger partial charge >= 0.3 is 0 Å². The minimum Gasteiger partial charge on any atom is -0.486 e. The maximum Gasteiger partial charge on any atom is 0.161 e. The largest absolute Gasteiger partial charge is 0.486 e. The van der Waals surface area contributed by atoms with Crippen molar-refractivity contribution in [2.45, 2.75) is 51.9 Å². The molecule has 0 spiro atoms. The van der Waals surface area contributed by atoms with E-state index in [9.17, 15) is 0 Å². The van der Waals surface area contributed by atoms with Crippen molar-refractivity contribution in [2.75, 3.05) is 26.3 Å². The van der Waals surface area contributed by atoms with Gasteiger partial charge in [-0.15, -0.1) is 0 Å². The van der Waals surface area contributed by atoms with E-state index in [2.05, 4.69) is 44.3 Å². The van der Waals surface area contributed by atoms with E-state index in [0.29, 0.717) is 13.2 Å². The lowest BCUT2D eigenvalue weighted by Crippen LogP contribution is -2.38. The fourth-order valence-corrected chi connectivity index (χ4v) is 3.39. The Morgan fingerprint density at radius 2 is 1.67 bits per heavy atom. The molecule has 0 atom stereocenters. The van der Waals surface area contributed by atoms with E-state index >= 15 is 0 Å². The minimum absolute atomic E-state index is 0.204. The van der Waals surface area contributed by atoms with Crippen LogP contribution in [-0.2, 0) is 5.41 Å². The Morgan fingerprint density at radius 3 is 2.29 bits per heavy atom. The zero-order valence-electron chi connectivity index (χ0n) is 13.7. The molecule has 0 aliphatic carbocycles. The van der Waals surface area contributed by atoms with E-state index in [1.165, 1.54) is 31.2 Å². The van der Waals surface area contributed by atoms with Crippen LogP contribution in [0.15, 0.2) is 18.2 Å². The summed E-state index contributed by atoms with van der Waals surface area (Å²) in [6.45, 7) is 10.1. The van der Waals surface area contributed by atoms with Gasteiger partial charge < -0.3 is 14.8 Å². The molecule has 0 aromatic heterocycles. The molecule has 3 nitrogen and oxygen atoms in total. The minimum atomic E-state index is 0.204. The van der Waals surface area contributed by atoms with Crippen LogP contribution in [0.5, 0.6) is 11.5 Å². The normalized spacial score (nSPS) is 14.2. The second-order valence-corrected chi connectivity index (χ2v) is 5.92. The number of nitrogens with one attached hydrogen (secondary N) is 1. The summed E-state index contributed by atoms with van der Waals surface area (Å²) in [6, 6.07) is 6.52. The molecule has 1 N–H and O–H groups in total. The quantitative estimate of drug-likeness (QED) is 0.788. The molecule has 1 aliphatic heterocycles. The predicted molar refractivity (Wildman–Crippen MR) is 87.5 cm³/mol. The number of benzene rings is 1. The Hall–Kier alpha value is -1.22. The van der Waals surface area contributed by atoms with Gasteiger partial charge in [-0.3, -0.25) is 0 Å². The van der Waals surface area contributed by atoms with Crippen molar-refractivity contribution in [3.8, 4) is 11.5 Å². The van der Waals surface area contributed by atoms with E-state index in [4.69, 9.17) is 9.47 Å². The predicted octanol–water partition coefficient (Wildman–Crippen LogP) is 3.91. The molecule has 0 saturated heterocycles. The maximum absolute atomic E-state index is 5.77. The molecule has 1 aromatic rings. The molecule has 0 saturated carbocycles. The Labute approximate surface area is 129 Å². The summed E-state index contributed by atoms with van der Waals surface area (Å²) in [6.07, 6.45) is 4.79. The van der Waals surface area contributed by atoms with Crippen molar-refractivity contribution in [1.82, 2.24) is 5.32 Å². The summed E-state index contributed by atoms with van der Waals surface area (Å²) in [5.74, 6) is 1.79. The van der Waals surface area contributed by atoms with Crippen LogP contribution in [-0.4, -0.2) is 26.3 Å². The molecule has 1 aromatic carbocycles. The van der Waals surface area contributed by atoms with Crippen LogP contribution in [0.4, 0.5) is 0 Å². The first kappa shape index (κ1) is 16.2. The highest BCUT2D eigenvalue weighted by atomic mass is 16.6. The van der Waals surface area contributed by atoms with Crippen molar-refractivity contribution >= 4 is 0 Å². The number of ether oxygens (including phenoxy) is 2. The summed E-state index contributed by atoms with van der Waals surface area (Å²) in [4.78, 5) is 0. The van der Waals surface area contributed by atoms with Gasteiger partial charge in [-0.1, -0.05) is 39.7 Å². The van der Waals surface area contributed by atoms with Crippen molar-refractivity contribution in [3.05, 3.63) is 23.8 Å². The third kappa shape index (κ3) is 3.70. The topological polar surface area (TPSA) is 30.5 Å². The van der Waals surface area contributed by atoms with Gasteiger partial charge in [0.25, 0.3) is 0 Å². The van der Waals surface area contributed by atoms with Gasteiger partial charge in [0.15, 0.2) is 11.5 Å². The van der Waals surface area contributed by atoms with E-state index in [1.807, 2.05) is 0 Å². The highest BCUT2D eigenvalue weighted by Gasteiger charge is 2.31. The zero-order valence-corrected chi connectivity index (χ0v) is 13.7. The van der Waals surface area contributed by atoms with Gasteiger partial charge in [0.1, 0.15) is 13.2 Å².